The first kappa shape index (κ1) is 15.2. The largest absolute Gasteiger partial charge is 0.462 e. The summed E-state index contributed by atoms with van der Waals surface area (Å²) in [5, 5.41) is 2.39. The lowest BCUT2D eigenvalue weighted by molar-refractivity contribution is 0.0530. The molecule has 0 amide bonds. The Morgan fingerprint density at radius 1 is 1.23 bits per heavy atom. The van der Waals surface area contributed by atoms with Gasteiger partial charge >= 0.3 is 5.97 Å². The highest BCUT2D eigenvalue weighted by Crippen LogP contribution is 2.27. The van der Waals surface area contributed by atoms with Gasteiger partial charge in [0, 0.05) is 6.42 Å². The van der Waals surface area contributed by atoms with Crippen LogP contribution < -0.4 is 0 Å². The molecule has 0 atom stereocenters. The monoisotopic (exact) mass is 375 g/mol. The van der Waals surface area contributed by atoms with Crippen molar-refractivity contribution in [2.24, 2.45) is 0 Å². The Balaban J connectivity index is 1.92. The van der Waals surface area contributed by atoms with Gasteiger partial charge in [0.25, 0.3) is 0 Å². The first-order chi connectivity index (χ1) is 10.7. The van der Waals surface area contributed by atoms with Gasteiger partial charge in [-0.1, -0.05) is 53.8 Å². The summed E-state index contributed by atoms with van der Waals surface area (Å²) < 4.78 is 5.80. The third-order valence-electron chi connectivity index (χ3n) is 3.32. The summed E-state index contributed by atoms with van der Waals surface area (Å²) in [6, 6.07) is 14.5. The summed E-state index contributed by atoms with van der Waals surface area (Å²) in [7, 11) is 0. The van der Waals surface area contributed by atoms with Crippen LogP contribution in [0.2, 0.25) is 0 Å². The molecule has 112 valence electrons. The van der Waals surface area contributed by atoms with Gasteiger partial charge in [0.05, 0.1) is 12.3 Å². The van der Waals surface area contributed by atoms with Crippen molar-refractivity contribution in [1.29, 1.82) is 0 Å². The van der Waals surface area contributed by atoms with Crippen LogP contribution in [0.3, 0.4) is 0 Å². The molecular weight excluding hydrogens is 362 g/mol. The third-order valence-corrected chi connectivity index (χ3v) is 4.85. The maximum absolute atomic E-state index is 12.0. The molecule has 0 unspecified atom stereocenters. The van der Waals surface area contributed by atoms with Crippen molar-refractivity contribution in [3.63, 3.8) is 0 Å². The molecule has 0 aliphatic heterocycles. The molecule has 0 aliphatic carbocycles. The van der Waals surface area contributed by atoms with Crippen LogP contribution in [0.1, 0.15) is 27.9 Å². The number of esters is 1. The highest BCUT2D eigenvalue weighted by atomic mass is 79.9. The molecule has 0 saturated carbocycles. The number of carbonyl (C=O) groups is 1. The van der Waals surface area contributed by atoms with Crippen molar-refractivity contribution in [3.8, 4) is 0 Å². The molecule has 0 radical (unpaired) electrons. The SMILES string of the molecule is CCOC(=O)c1sc(Br)nc1Cc1ccc2ccccc2c1. The van der Waals surface area contributed by atoms with Crippen LogP contribution in [-0.4, -0.2) is 17.6 Å². The summed E-state index contributed by atoms with van der Waals surface area (Å²) in [6.07, 6.45) is 0.612. The second-order valence-corrected chi connectivity index (χ2v) is 7.10. The Hall–Kier alpha value is -1.72. The molecule has 0 bridgehead atoms. The van der Waals surface area contributed by atoms with Crippen LogP contribution >= 0.6 is 27.3 Å². The Kier molecular flexibility index (Phi) is 4.55. The van der Waals surface area contributed by atoms with Crippen LogP contribution in [-0.2, 0) is 11.2 Å². The lowest BCUT2D eigenvalue weighted by Crippen LogP contribution is -2.06. The number of thiazole rings is 1. The zero-order valence-corrected chi connectivity index (χ0v) is 14.4. The molecule has 3 rings (SSSR count). The number of benzene rings is 2. The van der Waals surface area contributed by atoms with Crippen LogP contribution in [0, 0.1) is 0 Å². The van der Waals surface area contributed by atoms with Crippen molar-refractivity contribution in [2.75, 3.05) is 6.61 Å². The van der Waals surface area contributed by atoms with Crippen LogP contribution in [0.25, 0.3) is 10.8 Å². The fraction of sp³-hybridized carbons (Fsp3) is 0.176. The lowest BCUT2D eigenvalue weighted by atomic mass is 10.0. The normalized spacial score (nSPS) is 10.8. The Bertz CT molecular complexity index is 828. The van der Waals surface area contributed by atoms with Crippen LogP contribution in [0.5, 0.6) is 0 Å². The molecule has 3 nitrogen and oxygen atoms in total. The molecule has 5 heteroatoms. The number of nitrogens with zero attached hydrogens (tertiary/aromatic N) is 1. The molecule has 0 spiro atoms. The smallest absolute Gasteiger partial charge is 0.350 e. The lowest BCUT2D eigenvalue weighted by Gasteiger charge is -2.04. The van der Waals surface area contributed by atoms with Gasteiger partial charge in [-0.25, -0.2) is 9.78 Å². The number of hydrogen-bond donors (Lipinski definition) is 0. The molecule has 2 aromatic carbocycles. The van der Waals surface area contributed by atoms with Crippen molar-refractivity contribution in [1.82, 2.24) is 4.98 Å². The van der Waals surface area contributed by atoms with E-state index in [1.54, 1.807) is 6.92 Å². The minimum Gasteiger partial charge on any atom is -0.462 e. The van der Waals surface area contributed by atoms with Gasteiger partial charge in [-0.05, 0) is 39.2 Å². The third kappa shape index (κ3) is 3.20. The highest BCUT2D eigenvalue weighted by Gasteiger charge is 2.18. The van der Waals surface area contributed by atoms with Gasteiger partial charge in [0.2, 0.25) is 0 Å². The van der Waals surface area contributed by atoms with E-state index in [1.807, 2.05) is 12.1 Å². The quantitative estimate of drug-likeness (QED) is 0.613. The number of hydrogen-bond acceptors (Lipinski definition) is 4. The van der Waals surface area contributed by atoms with Gasteiger partial charge in [0.1, 0.15) is 4.88 Å². The standard InChI is InChI=1S/C17H14BrNO2S/c1-2-21-16(20)15-14(19-17(18)22-15)10-11-7-8-12-5-3-4-6-13(12)9-11/h3-9H,2,10H2,1H3. The number of rotatable bonds is 4. The van der Waals surface area contributed by atoms with Gasteiger partial charge in [-0.15, -0.1) is 0 Å². The maximum atomic E-state index is 12.0. The second kappa shape index (κ2) is 6.58. The fourth-order valence-electron chi connectivity index (χ4n) is 2.34. The summed E-state index contributed by atoms with van der Waals surface area (Å²) in [5.41, 5.74) is 1.88. The first-order valence-corrected chi connectivity index (χ1v) is 8.58. The van der Waals surface area contributed by atoms with Crippen molar-refractivity contribution < 1.29 is 9.53 Å². The zero-order chi connectivity index (χ0) is 15.5. The molecule has 0 aliphatic rings. The van der Waals surface area contributed by atoms with Crippen LogP contribution in [0.4, 0.5) is 0 Å². The van der Waals surface area contributed by atoms with Crippen molar-refractivity contribution in [2.45, 2.75) is 13.3 Å². The summed E-state index contributed by atoms with van der Waals surface area (Å²) in [4.78, 5) is 17.0. The van der Waals surface area contributed by atoms with Gasteiger partial charge < -0.3 is 4.74 Å². The average Bonchev–Trinajstić information content (AvgIpc) is 2.88. The summed E-state index contributed by atoms with van der Waals surface area (Å²) >= 11 is 4.67. The van der Waals surface area contributed by atoms with Gasteiger partial charge in [-0.3, -0.25) is 0 Å². The van der Waals surface area contributed by atoms with E-state index in [4.69, 9.17) is 4.74 Å². The van der Waals surface area contributed by atoms with E-state index in [9.17, 15) is 4.79 Å². The first-order valence-electron chi connectivity index (χ1n) is 6.97. The second-order valence-electron chi connectivity index (χ2n) is 4.82. The fourth-order valence-corrected chi connectivity index (χ4v) is 3.74. The van der Waals surface area contributed by atoms with Crippen LogP contribution in [0.15, 0.2) is 46.4 Å². The topological polar surface area (TPSA) is 39.2 Å². The van der Waals surface area contributed by atoms with E-state index in [2.05, 4.69) is 51.2 Å². The summed E-state index contributed by atoms with van der Waals surface area (Å²) in [6.45, 7) is 2.17. The molecule has 0 fully saturated rings. The average molecular weight is 376 g/mol. The minimum absolute atomic E-state index is 0.304. The van der Waals surface area contributed by atoms with E-state index in [0.717, 1.165) is 11.3 Å². The Labute approximate surface area is 141 Å². The molecule has 0 N–H and O–H groups in total. The minimum atomic E-state index is -0.304. The maximum Gasteiger partial charge on any atom is 0.350 e. The number of carbonyl (C=O) groups excluding carboxylic acids is 1. The van der Waals surface area contributed by atoms with Gasteiger partial charge in [0.15, 0.2) is 3.92 Å². The Morgan fingerprint density at radius 3 is 2.77 bits per heavy atom. The van der Waals surface area contributed by atoms with E-state index in [1.165, 1.54) is 22.1 Å². The zero-order valence-electron chi connectivity index (χ0n) is 12.0. The van der Waals surface area contributed by atoms with E-state index in [0.29, 0.717) is 21.8 Å². The number of fused-ring (bicyclic) bond motifs is 1. The predicted molar refractivity (Wildman–Crippen MR) is 92.5 cm³/mol. The van der Waals surface area contributed by atoms with E-state index >= 15 is 0 Å². The molecular formula is C17H14BrNO2S. The molecule has 0 saturated heterocycles. The molecule has 22 heavy (non-hydrogen) atoms. The van der Waals surface area contributed by atoms with E-state index < -0.39 is 0 Å². The molecule has 3 aromatic rings. The van der Waals surface area contributed by atoms with Gasteiger partial charge in [-0.2, -0.15) is 0 Å². The van der Waals surface area contributed by atoms with Crippen molar-refractivity contribution >= 4 is 44.0 Å². The molecule has 1 aromatic heterocycles. The Morgan fingerprint density at radius 2 is 2.00 bits per heavy atom. The van der Waals surface area contributed by atoms with Crippen molar-refractivity contribution in [3.05, 3.63) is 62.5 Å². The number of halogens is 1. The number of aromatic nitrogens is 1. The predicted octanol–water partition coefficient (Wildman–Crippen LogP) is 4.83. The van der Waals surface area contributed by atoms with E-state index in [-0.39, 0.29) is 5.97 Å². The summed E-state index contributed by atoms with van der Waals surface area (Å²) in [5.74, 6) is -0.304. The highest BCUT2D eigenvalue weighted by molar-refractivity contribution is 9.11. The number of ether oxygens (including phenoxy) is 1. The molecule has 1 heterocycles.